The van der Waals surface area contributed by atoms with Gasteiger partial charge in [-0.3, -0.25) is 19.2 Å². The van der Waals surface area contributed by atoms with E-state index < -0.39 is 0 Å². The van der Waals surface area contributed by atoms with Gasteiger partial charge in [0.2, 0.25) is 17.7 Å². The molecule has 1 atom stereocenters. The molecule has 3 amide bonds. The molecule has 0 aromatic rings. The molecule has 22 heteroatoms. The van der Waals surface area contributed by atoms with Crippen LogP contribution in [0.15, 0.2) is 0 Å². The molecule has 0 saturated heterocycles. The molecule has 0 aliphatic rings. The second-order valence-electron chi connectivity index (χ2n) is 11.4. The highest BCUT2D eigenvalue weighted by molar-refractivity contribution is 8.76. The molecule has 0 saturated carbocycles. The Bertz CT molecular complexity index is 873. The van der Waals surface area contributed by atoms with Crippen molar-refractivity contribution in [3.63, 3.8) is 0 Å². The Morgan fingerprint density at radius 3 is 1.55 bits per heavy atom. The first-order chi connectivity index (χ1) is 27.6. The molecule has 56 heavy (non-hydrogen) atoms. The Hall–Kier alpha value is -0.140. The number of amides is 3. The maximum absolute atomic E-state index is 11.5. The predicted octanol–water partition coefficient (Wildman–Crippen LogP) is 4.33. The maximum Gasteiger partial charge on any atom is 0.325 e. The van der Waals surface area contributed by atoms with Crippen molar-refractivity contribution in [3.8, 4) is 0 Å². The summed E-state index contributed by atoms with van der Waals surface area (Å²) >= 11 is 9.10. The molecule has 1 unspecified atom stereocenters. The van der Waals surface area contributed by atoms with E-state index in [4.69, 9.17) is 28.8 Å². The summed E-state index contributed by atoms with van der Waals surface area (Å²) in [5.74, 6) is 7.09. The lowest BCUT2D eigenvalue weighted by molar-refractivity contribution is -0.146. The Balaban J connectivity index is -0.000000130. The van der Waals surface area contributed by atoms with Crippen LogP contribution in [0.5, 0.6) is 0 Å². The van der Waals surface area contributed by atoms with Crippen LogP contribution >= 0.6 is 82.1 Å². The first kappa shape index (κ1) is 62.5. The molecule has 0 aliphatic heterocycles. The van der Waals surface area contributed by atoms with Crippen LogP contribution in [-0.4, -0.2) is 134 Å². The van der Waals surface area contributed by atoms with E-state index in [0.717, 1.165) is 94.4 Å². The van der Waals surface area contributed by atoms with Crippen molar-refractivity contribution < 1.29 is 48.5 Å². The fourth-order valence-corrected chi connectivity index (χ4v) is 6.87. The Morgan fingerprint density at radius 2 is 1.18 bits per heavy atom. The van der Waals surface area contributed by atoms with E-state index in [1.165, 1.54) is 0 Å². The number of nitrogens with two attached hydrogens (primary N) is 1. The summed E-state index contributed by atoms with van der Waals surface area (Å²) in [6.45, 7) is 4.03. The normalized spacial score (nSPS) is 10.6. The van der Waals surface area contributed by atoms with Crippen molar-refractivity contribution in [1.82, 2.24) is 25.0 Å². The van der Waals surface area contributed by atoms with Gasteiger partial charge in [0.15, 0.2) is 0 Å². The van der Waals surface area contributed by atoms with Crippen LogP contribution in [0.2, 0.25) is 0 Å². The third kappa shape index (κ3) is 68.5. The summed E-state index contributed by atoms with van der Waals surface area (Å²) in [6, 6.07) is 0. The molecule has 0 bridgehead atoms. The topological polar surface area (TPSA) is 234 Å². The molecule has 0 rings (SSSR count). The van der Waals surface area contributed by atoms with Crippen molar-refractivity contribution >= 4 is 112 Å². The molecule has 342 valence electrons. The zero-order valence-electron chi connectivity index (χ0n) is 35.6. The van der Waals surface area contributed by atoms with Gasteiger partial charge in [-0.2, -0.15) is 12.6 Å². The molecule has 0 fully saturated rings. The lowest BCUT2D eigenvalue weighted by atomic mass is 10.2. The third-order valence-corrected chi connectivity index (χ3v) is 11.1. The lowest BCUT2D eigenvalue weighted by Crippen LogP contribution is -2.26. The molecular formula is C34H79ClN6O9S6. The minimum Gasteiger partial charge on any atom is -0.396 e. The van der Waals surface area contributed by atoms with Crippen LogP contribution in [0.3, 0.4) is 0 Å². The summed E-state index contributed by atoms with van der Waals surface area (Å²) < 4.78 is 18.0. The number of aliphatic hydroxyl groups excluding tert-OH is 3. The van der Waals surface area contributed by atoms with E-state index in [2.05, 4.69) is 56.2 Å². The lowest BCUT2D eigenvalue weighted by Gasteiger charge is -2.06. The smallest absolute Gasteiger partial charge is 0.325 e. The van der Waals surface area contributed by atoms with Gasteiger partial charge in [-0.25, -0.2) is 4.13 Å². The molecule has 0 aromatic heterocycles. The molecule has 15 nitrogen and oxygen atoms in total. The number of rotatable bonds is 34. The summed E-state index contributed by atoms with van der Waals surface area (Å²) in [7, 11) is 5.17. The number of carbonyl (C=O) groups excluding carboxylic acids is 4. The Kier molecular flexibility index (Phi) is 66.1. The van der Waals surface area contributed by atoms with Crippen molar-refractivity contribution in [2.45, 2.75) is 96.3 Å². The maximum atomic E-state index is 11.5. The largest absolute Gasteiger partial charge is 0.396 e. The van der Waals surface area contributed by atoms with Crippen molar-refractivity contribution in [1.29, 1.82) is 0 Å². The number of thiol groups is 2. The summed E-state index contributed by atoms with van der Waals surface area (Å²) in [5, 5.41) is 34.0. The van der Waals surface area contributed by atoms with Gasteiger partial charge in [-0.1, -0.05) is 76.4 Å². The fraction of sp³-hybridized carbons (Fsp3) is 0.853. The van der Waals surface area contributed by atoms with Crippen LogP contribution in [0.4, 0.5) is 0 Å². The Morgan fingerprint density at radius 1 is 0.750 bits per heavy atom. The van der Waals surface area contributed by atoms with Gasteiger partial charge in [0.1, 0.15) is 0 Å². The van der Waals surface area contributed by atoms with E-state index in [-0.39, 0.29) is 68.0 Å². The minimum atomic E-state index is -0.321. The third-order valence-electron chi connectivity index (χ3n) is 6.28. The molecule has 0 spiro atoms. The highest BCUT2D eigenvalue weighted by atomic mass is 35.5. The van der Waals surface area contributed by atoms with Crippen molar-refractivity contribution in [2.75, 3.05) is 89.0 Å². The highest BCUT2D eigenvalue weighted by Gasteiger charge is 2.03. The van der Waals surface area contributed by atoms with E-state index in [0.29, 0.717) is 57.7 Å². The van der Waals surface area contributed by atoms with Crippen LogP contribution in [0.1, 0.15) is 101 Å². The van der Waals surface area contributed by atoms with Crippen LogP contribution < -0.4 is 30.7 Å². The molecule has 10 N–H and O–H groups in total. The summed E-state index contributed by atoms with van der Waals surface area (Å²) in [6.07, 6.45) is 13.2. The van der Waals surface area contributed by atoms with Gasteiger partial charge in [0, 0.05) is 113 Å². The van der Waals surface area contributed by atoms with Gasteiger partial charge in [0.25, 0.3) is 0 Å². The van der Waals surface area contributed by atoms with Crippen LogP contribution in [0, 0.1) is 0 Å². The van der Waals surface area contributed by atoms with Crippen molar-refractivity contribution in [3.05, 3.63) is 0 Å². The standard InChI is InChI=1S/C16H32N2O4S2.C8H17NO2S.C6H13NO3S.C4H12N2S2.ClH.2H2/c1-22-12-6-4-8-16(21)18-10-14-24-23-13-9-17-15(20)7-3-2-5-11-19;10-6-3-1-2-4-8(11)9-5-7-12;8-5-3-1-2-4-6(9)10-7-11;1-8(2)6-7-4-3-5;;;/h19H,2-14H2,1H3,(H,17,20)(H,18,21);10,12H,1-7H2,(H,9,11);7-8,11H,1-5H2;6H,1,3-5H2,2H3;3*1H/i;;;;;1+2D;1+2. The van der Waals surface area contributed by atoms with E-state index >= 15 is 0 Å². The van der Waals surface area contributed by atoms with E-state index in [1.807, 2.05) is 11.1 Å². The quantitative estimate of drug-likeness (QED) is 0.0108. The minimum absolute atomic E-state index is 0. The summed E-state index contributed by atoms with van der Waals surface area (Å²) in [5.41, 5.74) is 5.24. The molecular weight excluding hydrogens is 864 g/mol. The highest BCUT2D eigenvalue weighted by Crippen LogP contribution is 2.19. The number of carbonyl (C=O) groups is 4. The number of ether oxygens (including phenoxy) is 1. The van der Waals surface area contributed by atoms with E-state index in [9.17, 15) is 19.2 Å². The van der Waals surface area contributed by atoms with Crippen molar-refractivity contribution in [2.24, 2.45) is 5.73 Å². The Labute approximate surface area is 374 Å². The first-order valence-corrected chi connectivity index (χ1v) is 25.0. The fourth-order valence-electron chi connectivity index (χ4n) is 3.58. The monoisotopic (exact) mass is 947 g/mol. The van der Waals surface area contributed by atoms with E-state index in [1.54, 1.807) is 40.6 Å². The van der Waals surface area contributed by atoms with Crippen LogP contribution in [-0.2, 0) is 28.8 Å². The summed E-state index contributed by atoms with van der Waals surface area (Å²) in [4.78, 5) is 50.9. The number of aliphatic hydroxyl groups is 3. The number of nitrogens with one attached hydrogen (secondary N) is 5. The number of methoxy groups -OCH3 is 1. The second-order valence-corrected chi connectivity index (χ2v) is 17.4. The van der Waals surface area contributed by atoms with Gasteiger partial charge >= 0.3 is 5.97 Å². The molecule has 0 heterocycles. The SMILES string of the molecule is C=S(C)NSCCN.COCCCCC(=O)NCCSSCCNC(=O)CCCCCO.Cl.O=C(CCCCCO)NCCS.O=C(CCCCCO)ONS.[2H][3H].[3HH]. The zero-order chi connectivity index (χ0) is 44.0. The zero-order valence-corrected chi connectivity index (χ0v) is 39.5. The van der Waals surface area contributed by atoms with Crippen LogP contribution in [0.25, 0.3) is 0 Å². The first-order valence-electron chi connectivity index (χ1n) is 19.7. The molecule has 0 radical (unpaired) electrons. The average molecular weight is 949 g/mol. The number of hydrogen-bond acceptors (Lipinski definition) is 17. The van der Waals surface area contributed by atoms with Gasteiger partial charge in [-0.05, 0) is 57.6 Å². The number of halogens is 1. The molecule has 0 aliphatic carbocycles. The molecule has 0 aromatic carbocycles. The predicted molar refractivity (Wildman–Crippen MR) is 255 cm³/mol. The van der Waals surface area contributed by atoms with Gasteiger partial charge in [-0.15, -0.1) is 23.1 Å². The van der Waals surface area contributed by atoms with Gasteiger partial charge in [0.05, 0.1) is 0 Å². The number of hydrogen-bond donors (Lipinski definition) is 11. The number of unbranched alkanes of at least 4 members (excludes halogenated alkanes) is 7. The van der Waals surface area contributed by atoms with Gasteiger partial charge < -0.3 is 46.6 Å². The second kappa shape index (κ2) is 59.2. The average Bonchev–Trinajstić information content (AvgIpc) is 3.20.